The lowest BCUT2D eigenvalue weighted by molar-refractivity contribution is -0.123. The Labute approximate surface area is 212 Å². The molecule has 3 aromatic rings. The molecule has 1 heterocycles. The van der Waals surface area contributed by atoms with Crippen molar-refractivity contribution in [3.05, 3.63) is 103 Å². The zero-order chi connectivity index (χ0) is 23.5. The number of carbonyl (C=O) groups is 2. The predicted molar refractivity (Wildman–Crippen MR) is 133 cm³/mol. The van der Waals surface area contributed by atoms with Crippen molar-refractivity contribution in [3.8, 4) is 5.75 Å². The van der Waals surface area contributed by atoms with Crippen LogP contribution in [0.4, 0.5) is 9.18 Å². The summed E-state index contributed by atoms with van der Waals surface area (Å²) in [6.07, 6.45) is 1.65. The van der Waals surface area contributed by atoms with Crippen molar-refractivity contribution >= 4 is 68.1 Å². The Bertz CT molecular complexity index is 1250. The van der Waals surface area contributed by atoms with E-state index in [0.29, 0.717) is 30.7 Å². The summed E-state index contributed by atoms with van der Waals surface area (Å²) in [5.41, 5.74) is 2.08. The Hall–Kier alpha value is -2.32. The summed E-state index contributed by atoms with van der Waals surface area (Å²) >= 11 is 16.7. The number of hydrogen-bond acceptors (Lipinski definition) is 4. The van der Waals surface area contributed by atoms with E-state index in [0.717, 1.165) is 27.8 Å². The molecule has 0 atom stereocenters. The molecular weight excluding hydrogens is 552 g/mol. The Morgan fingerprint density at radius 2 is 1.73 bits per heavy atom. The third-order valence-electron chi connectivity index (χ3n) is 4.81. The van der Waals surface area contributed by atoms with Gasteiger partial charge < -0.3 is 4.74 Å². The minimum Gasteiger partial charge on any atom is -0.488 e. The summed E-state index contributed by atoms with van der Waals surface area (Å²) in [7, 11) is 0. The molecule has 4 rings (SSSR count). The third kappa shape index (κ3) is 5.61. The van der Waals surface area contributed by atoms with Crippen LogP contribution in [0.1, 0.15) is 16.7 Å². The smallest absolute Gasteiger partial charge is 0.293 e. The van der Waals surface area contributed by atoms with E-state index < -0.39 is 5.91 Å². The highest BCUT2D eigenvalue weighted by Crippen LogP contribution is 2.36. The molecular formula is C24H15BrCl2FNO3S. The van der Waals surface area contributed by atoms with Gasteiger partial charge in [0, 0.05) is 15.6 Å². The molecule has 4 nitrogen and oxygen atoms in total. The first-order valence-corrected chi connectivity index (χ1v) is 12.0. The monoisotopic (exact) mass is 565 g/mol. The maximum Gasteiger partial charge on any atom is 0.293 e. The van der Waals surface area contributed by atoms with Gasteiger partial charge in [-0.15, -0.1) is 0 Å². The van der Waals surface area contributed by atoms with E-state index in [2.05, 4.69) is 15.9 Å². The SMILES string of the molecule is O=C1S/C(=C\c2ccc(OCc3ccc(F)cc3)c(Br)c2)C(=O)N1Cc1c(Cl)cccc1Cl. The largest absolute Gasteiger partial charge is 0.488 e. The highest BCUT2D eigenvalue weighted by atomic mass is 79.9. The molecule has 0 bridgehead atoms. The summed E-state index contributed by atoms with van der Waals surface area (Å²) in [6.45, 7) is 0.280. The van der Waals surface area contributed by atoms with Crippen molar-refractivity contribution in [1.82, 2.24) is 4.90 Å². The number of amides is 2. The first-order chi connectivity index (χ1) is 15.8. The van der Waals surface area contributed by atoms with E-state index in [4.69, 9.17) is 27.9 Å². The number of ether oxygens (including phenoxy) is 1. The second-order valence-electron chi connectivity index (χ2n) is 7.07. The molecule has 1 saturated heterocycles. The molecule has 0 radical (unpaired) electrons. The summed E-state index contributed by atoms with van der Waals surface area (Å²) in [6, 6.07) is 16.4. The minimum absolute atomic E-state index is 0.000368. The number of rotatable bonds is 6. The van der Waals surface area contributed by atoms with E-state index in [1.807, 2.05) is 0 Å². The van der Waals surface area contributed by atoms with Crippen LogP contribution in [0.3, 0.4) is 0 Å². The fourth-order valence-electron chi connectivity index (χ4n) is 3.09. The quantitative estimate of drug-likeness (QED) is 0.287. The van der Waals surface area contributed by atoms with Gasteiger partial charge in [0.25, 0.3) is 11.1 Å². The van der Waals surface area contributed by atoms with Crippen molar-refractivity contribution in [3.63, 3.8) is 0 Å². The van der Waals surface area contributed by atoms with Crippen molar-refractivity contribution in [2.24, 2.45) is 0 Å². The molecule has 33 heavy (non-hydrogen) atoms. The number of halogens is 4. The molecule has 0 aromatic heterocycles. The zero-order valence-electron chi connectivity index (χ0n) is 16.9. The maximum absolute atomic E-state index is 13.0. The Morgan fingerprint density at radius 3 is 2.39 bits per heavy atom. The zero-order valence-corrected chi connectivity index (χ0v) is 20.8. The number of hydrogen-bond donors (Lipinski definition) is 0. The topological polar surface area (TPSA) is 46.6 Å². The van der Waals surface area contributed by atoms with Gasteiger partial charge in [-0.3, -0.25) is 14.5 Å². The van der Waals surface area contributed by atoms with Crippen LogP contribution in [-0.2, 0) is 17.9 Å². The number of imide groups is 1. The van der Waals surface area contributed by atoms with Crippen molar-refractivity contribution in [2.45, 2.75) is 13.2 Å². The predicted octanol–water partition coefficient (Wildman–Crippen LogP) is 7.71. The fraction of sp³-hybridized carbons (Fsp3) is 0.0833. The van der Waals surface area contributed by atoms with Crippen molar-refractivity contribution < 1.29 is 18.7 Å². The minimum atomic E-state index is -0.409. The lowest BCUT2D eigenvalue weighted by atomic mass is 10.2. The summed E-state index contributed by atoms with van der Waals surface area (Å²) < 4.78 is 19.5. The molecule has 168 valence electrons. The maximum atomic E-state index is 13.0. The van der Waals surface area contributed by atoms with E-state index in [1.54, 1.807) is 54.6 Å². The first kappa shape index (κ1) is 23.8. The molecule has 1 fully saturated rings. The van der Waals surface area contributed by atoms with Gasteiger partial charge in [0.1, 0.15) is 18.2 Å². The Kier molecular flexibility index (Phi) is 7.44. The van der Waals surface area contributed by atoms with Crippen LogP contribution in [0.15, 0.2) is 70.0 Å². The number of carbonyl (C=O) groups excluding carboxylic acids is 2. The van der Waals surface area contributed by atoms with Crippen LogP contribution in [-0.4, -0.2) is 16.0 Å². The van der Waals surface area contributed by atoms with Crippen molar-refractivity contribution in [1.29, 1.82) is 0 Å². The van der Waals surface area contributed by atoms with Crippen LogP contribution in [0, 0.1) is 5.82 Å². The molecule has 1 aliphatic rings. The highest BCUT2D eigenvalue weighted by Gasteiger charge is 2.35. The normalized spacial score (nSPS) is 14.9. The van der Waals surface area contributed by atoms with Gasteiger partial charge in [-0.2, -0.15) is 0 Å². The van der Waals surface area contributed by atoms with E-state index in [9.17, 15) is 14.0 Å². The van der Waals surface area contributed by atoms with Crippen LogP contribution in [0.2, 0.25) is 10.0 Å². The Morgan fingerprint density at radius 1 is 1.03 bits per heavy atom. The third-order valence-corrected chi connectivity index (χ3v) is 7.05. The van der Waals surface area contributed by atoms with Gasteiger partial charge in [-0.1, -0.05) is 47.5 Å². The lowest BCUT2D eigenvalue weighted by Crippen LogP contribution is -2.27. The molecule has 9 heteroatoms. The van der Waals surface area contributed by atoms with Gasteiger partial charge >= 0.3 is 0 Å². The van der Waals surface area contributed by atoms with Crippen molar-refractivity contribution in [2.75, 3.05) is 0 Å². The van der Waals surface area contributed by atoms with E-state index in [1.165, 1.54) is 12.1 Å². The summed E-state index contributed by atoms with van der Waals surface area (Å²) in [5.74, 6) is -0.115. The molecule has 1 aliphatic heterocycles. The lowest BCUT2D eigenvalue weighted by Gasteiger charge is -2.14. The Balaban J connectivity index is 1.47. The number of nitrogens with zero attached hydrogens (tertiary/aromatic N) is 1. The van der Waals surface area contributed by atoms with Gasteiger partial charge in [-0.25, -0.2) is 4.39 Å². The average molecular weight is 567 g/mol. The highest BCUT2D eigenvalue weighted by molar-refractivity contribution is 9.10. The van der Waals surface area contributed by atoms with Gasteiger partial charge in [0.15, 0.2) is 0 Å². The average Bonchev–Trinajstić information content (AvgIpc) is 3.04. The second kappa shape index (κ2) is 10.3. The second-order valence-corrected chi connectivity index (χ2v) is 9.73. The van der Waals surface area contributed by atoms with Crippen LogP contribution in [0.25, 0.3) is 6.08 Å². The van der Waals surface area contributed by atoms with Crippen LogP contribution in [0.5, 0.6) is 5.75 Å². The standard InChI is InChI=1S/C24H15BrCl2FNO3S/c25-18-10-15(6-9-21(18)32-13-14-4-7-16(28)8-5-14)11-22-23(30)29(24(31)33-22)12-17-19(26)2-1-3-20(17)27/h1-11H,12-13H2/b22-11-. The molecule has 0 aliphatic carbocycles. The molecule has 0 saturated carbocycles. The molecule has 0 spiro atoms. The summed E-state index contributed by atoms with van der Waals surface area (Å²) in [4.78, 5) is 26.7. The van der Waals surface area contributed by atoms with Gasteiger partial charge in [0.05, 0.1) is 15.9 Å². The molecule has 0 unspecified atom stereocenters. The van der Waals surface area contributed by atoms with Crippen LogP contribution < -0.4 is 4.74 Å². The van der Waals surface area contributed by atoms with Crippen LogP contribution >= 0.6 is 50.9 Å². The number of benzene rings is 3. The number of thioether (sulfide) groups is 1. The molecule has 2 amide bonds. The van der Waals surface area contributed by atoms with Gasteiger partial charge in [-0.05, 0) is 81.3 Å². The van der Waals surface area contributed by atoms with Gasteiger partial charge in [0.2, 0.25) is 0 Å². The van der Waals surface area contributed by atoms with E-state index in [-0.39, 0.29) is 24.2 Å². The fourth-order valence-corrected chi connectivity index (χ4v) is 4.96. The summed E-state index contributed by atoms with van der Waals surface area (Å²) in [5, 5.41) is 0.400. The van der Waals surface area contributed by atoms with E-state index >= 15 is 0 Å². The first-order valence-electron chi connectivity index (χ1n) is 9.67. The molecule has 3 aromatic carbocycles. The molecule has 0 N–H and O–H groups in total.